The summed E-state index contributed by atoms with van der Waals surface area (Å²) in [6.45, 7) is 9.65. The number of carbonyl (C=O) groups is 2. The van der Waals surface area contributed by atoms with Crippen molar-refractivity contribution in [1.82, 2.24) is 0 Å². The molecule has 4 fully saturated rings. The van der Waals surface area contributed by atoms with Crippen molar-refractivity contribution < 1.29 is 29.6 Å². The van der Waals surface area contributed by atoms with Crippen LogP contribution in [0.5, 0.6) is 0 Å². The molecule has 8 atom stereocenters. The first-order valence-corrected chi connectivity index (χ1v) is 10.4. The van der Waals surface area contributed by atoms with Gasteiger partial charge in [-0.15, -0.1) is 0 Å². The summed E-state index contributed by atoms with van der Waals surface area (Å²) in [4.78, 5) is 25.1. The summed E-state index contributed by atoms with van der Waals surface area (Å²) in [6, 6.07) is 0. The summed E-state index contributed by atoms with van der Waals surface area (Å²) in [5.74, 6) is -1.93. The van der Waals surface area contributed by atoms with Crippen LogP contribution >= 0.6 is 0 Å². The number of esters is 1. The highest BCUT2D eigenvalue weighted by Gasteiger charge is 2.77. The minimum Gasteiger partial charge on any atom is -0.465 e. The Balaban J connectivity index is 1.92. The topological polar surface area (TPSA) is 104 Å². The number of rotatable bonds is 2. The van der Waals surface area contributed by atoms with Crippen LogP contribution in [-0.4, -0.2) is 52.0 Å². The number of Topliss-reactive ketones (excluding diaryl/α,β-unsaturated/α-hetero) is 1. The molecule has 0 aromatic heterocycles. The lowest BCUT2D eigenvalue weighted by Crippen LogP contribution is -2.71. The third-order valence-corrected chi connectivity index (χ3v) is 8.67. The van der Waals surface area contributed by atoms with Gasteiger partial charge in [0, 0.05) is 24.2 Å². The molecular formula is C22H32O6. The molecule has 0 aliphatic heterocycles. The number of carbonyl (C=O) groups excluding carboxylic acids is 2. The molecule has 0 amide bonds. The average Bonchev–Trinajstić information content (AvgIpc) is 2.72. The van der Waals surface area contributed by atoms with E-state index in [0.29, 0.717) is 18.4 Å². The molecule has 0 aromatic rings. The fraction of sp³-hybridized carbons (Fsp3) is 0.818. The zero-order valence-corrected chi connectivity index (χ0v) is 17.0. The first-order chi connectivity index (χ1) is 13.0. The summed E-state index contributed by atoms with van der Waals surface area (Å²) in [5, 5.41) is 33.7. The van der Waals surface area contributed by atoms with Gasteiger partial charge in [-0.2, -0.15) is 0 Å². The zero-order valence-electron chi connectivity index (χ0n) is 17.0. The van der Waals surface area contributed by atoms with Gasteiger partial charge >= 0.3 is 5.97 Å². The lowest BCUT2D eigenvalue weighted by Gasteiger charge is -2.66. The summed E-state index contributed by atoms with van der Waals surface area (Å²) >= 11 is 0. The molecule has 28 heavy (non-hydrogen) atoms. The van der Waals surface area contributed by atoms with E-state index < -0.39 is 46.9 Å². The van der Waals surface area contributed by atoms with Crippen molar-refractivity contribution in [1.29, 1.82) is 0 Å². The van der Waals surface area contributed by atoms with E-state index in [9.17, 15) is 24.9 Å². The molecule has 6 heteroatoms. The fourth-order valence-corrected chi connectivity index (χ4v) is 7.67. The highest BCUT2D eigenvalue weighted by Crippen LogP contribution is 2.71. The lowest BCUT2D eigenvalue weighted by atomic mass is 9.39. The van der Waals surface area contributed by atoms with Crippen molar-refractivity contribution >= 4 is 11.8 Å². The van der Waals surface area contributed by atoms with Gasteiger partial charge in [0.1, 0.15) is 0 Å². The predicted octanol–water partition coefficient (Wildman–Crippen LogP) is 1.61. The Morgan fingerprint density at radius 3 is 2.54 bits per heavy atom. The quantitative estimate of drug-likeness (QED) is 0.487. The van der Waals surface area contributed by atoms with Crippen molar-refractivity contribution in [2.24, 2.45) is 34.0 Å². The summed E-state index contributed by atoms with van der Waals surface area (Å²) in [5.41, 5.74) is -1.94. The summed E-state index contributed by atoms with van der Waals surface area (Å²) < 4.78 is 5.52. The molecule has 4 aliphatic rings. The molecular weight excluding hydrogens is 360 g/mol. The highest BCUT2D eigenvalue weighted by atomic mass is 16.5. The van der Waals surface area contributed by atoms with E-state index >= 15 is 0 Å². The number of ketones is 1. The van der Waals surface area contributed by atoms with Gasteiger partial charge in [-0.25, -0.2) is 0 Å². The van der Waals surface area contributed by atoms with Gasteiger partial charge in [-0.05, 0) is 42.6 Å². The minimum atomic E-state index is -1.45. The maximum atomic E-state index is 13.4. The molecule has 4 aliphatic carbocycles. The molecule has 0 aromatic carbocycles. The number of hydrogen-bond acceptors (Lipinski definition) is 6. The molecule has 0 saturated heterocycles. The molecule has 2 bridgehead atoms. The third-order valence-electron chi connectivity index (χ3n) is 8.67. The second-order valence-corrected chi connectivity index (χ2v) is 10.3. The SMILES string of the molecule is C=C1C(=O)[C@]23C(O)C[C@H]4C(C)(C)CCC[C@]4(COC(C)=O)[C@H]2C(O)C[C@H]1C3O. The number of fused-ring (bicyclic) bond motifs is 3. The number of ether oxygens (including phenoxy) is 1. The van der Waals surface area contributed by atoms with Crippen molar-refractivity contribution in [2.45, 2.75) is 71.2 Å². The van der Waals surface area contributed by atoms with Gasteiger partial charge < -0.3 is 20.1 Å². The van der Waals surface area contributed by atoms with E-state index in [2.05, 4.69) is 20.4 Å². The molecule has 4 rings (SSSR count). The van der Waals surface area contributed by atoms with Crippen molar-refractivity contribution in [3.8, 4) is 0 Å². The summed E-state index contributed by atoms with van der Waals surface area (Å²) in [6.07, 6.45) is 0.170. The van der Waals surface area contributed by atoms with Crippen LogP contribution in [0.25, 0.3) is 0 Å². The van der Waals surface area contributed by atoms with Crippen LogP contribution in [0.4, 0.5) is 0 Å². The van der Waals surface area contributed by atoms with Gasteiger partial charge in [-0.1, -0.05) is 26.8 Å². The maximum absolute atomic E-state index is 13.4. The Labute approximate surface area is 166 Å². The van der Waals surface area contributed by atoms with E-state index in [1.54, 1.807) is 0 Å². The Kier molecular flexibility index (Phi) is 4.39. The van der Waals surface area contributed by atoms with Gasteiger partial charge in [-0.3, -0.25) is 9.59 Å². The molecule has 3 N–H and O–H groups in total. The van der Waals surface area contributed by atoms with Crippen LogP contribution in [0.1, 0.15) is 52.9 Å². The van der Waals surface area contributed by atoms with Crippen LogP contribution in [0.15, 0.2) is 12.2 Å². The molecule has 4 saturated carbocycles. The zero-order chi connectivity index (χ0) is 20.6. The van der Waals surface area contributed by atoms with Crippen LogP contribution in [0, 0.1) is 34.0 Å². The van der Waals surface area contributed by atoms with Gasteiger partial charge in [0.25, 0.3) is 0 Å². The van der Waals surface area contributed by atoms with E-state index in [1.807, 2.05) is 0 Å². The first kappa shape index (κ1) is 20.0. The van der Waals surface area contributed by atoms with Crippen LogP contribution in [0.2, 0.25) is 0 Å². The predicted molar refractivity (Wildman–Crippen MR) is 101 cm³/mol. The van der Waals surface area contributed by atoms with Gasteiger partial charge in [0.05, 0.1) is 30.3 Å². The normalized spacial score (nSPS) is 49.4. The second-order valence-electron chi connectivity index (χ2n) is 10.3. The Bertz CT molecular complexity index is 729. The third kappa shape index (κ3) is 2.25. The Morgan fingerprint density at radius 1 is 1.21 bits per heavy atom. The molecule has 6 nitrogen and oxygen atoms in total. The number of hydrogen-bond donors (Lipinski definition) is 3. The molecule has 3 unspecified atom stereocenters. The molecule has 0 heterocycles. The molecule has 0 radical (unpaired) electrons. The van der Waals surface area contributed by atoms with Crippen molar-refractivity contribution in [3.63, 3.8) is 0 Å². The Hall–Kier alpha value is -1.24. The maximum Gasteiger partial charge on any atom is 0.302 e. The number of aliphatic hydroxyl groups is 3. The largest absolute Gasteiger partial charge is 0.465 e. The summed E-state index contributed by atoms with van der Waals surface area (Å²) in [7, 11) is 0. The highest BCUT2D eigenvalue weighted by molar-refractivity contribution is 6.04. The smallest absolute Gasteiger partial charge is 0.302 e. The van der Waals surface area contributed by atoms with E-state index in [1.165, 1.54) is 6.92 Å². The minimum absolute atomic E-state index is 0.0289. The standard InChI is InChI=1S/C22H32O6/c1-11-13-8-14(24)17-21(10-28-12(2)23)7-5-6-20(3,4)15(21)9-16(25)22(17,18(11)26)19(13)27/h13-17,19,24-25,27H,1,5-10H2,2-4H3/t13-,14?,15+,16?,17-,19?,21-,22+/m1/s1. The van der Waals surface area contributed by atoms with Gasteiger partial charge in [0.2, 0.25) is 0 Å². The lowest BCUT2D eigenvalue weighted by molar-refractivity contribution is -0.265. The molecule has 1 spiro atoms. The first-order valence-electron chi connectivity index (χ1n) is 10.4. The van der Waals surface area contributed by atoms with Gasteiger partial charge in [0.15, 0.2) is 5.78 Å². The number of aliphatic hydroxyl groups excluding tert-OH is 3. The van der Waals surface area contributed by atoms with Crippen LogP contribution < -0.4 is 0 Å². The van der Waals surface area contributed by atoms with E-state index in [4.69, 9.17) is 4.74 Å². The second kappa shape index (κ2) is 6.13. The Morgan fingerprint density at radius 2 is 1.89 bits per heavy atom. The average molecular weight is 392 g/mol. The van der Waals surface area contributed by atoms with E-state index in [-0.39, 0.29) is 30.1 Å². The van der Waals surface area contributed by atoms with Crippen molar-refractivity contribution in [3.05, 3.63) is 12.2 Å². The monoisotopic (exact) mass is 392 g/mol. The molecule has 156 valence electrons. The van der Waals surface area contributed by atoms with Crippen molar-refractivity contribution in [2.75, 3.05) is 6.61 Å². The van der Waals surface area contributed by atoms with E-state index in [0.717, 1.165) is 12.8 Å². The van der Waals surface area contributed by atoms with Crippen LogP contribution in [-0.2, 0) is 14.3 Å². The van der Waals surface area contributed by atoms with Crippen LogP contribution in [0.3, 0.4) is 0 Å². The fourth-order valence-electron chi connectivity index (χ4n) is 7.67.